The molecule has 0 bridgehead atoms. The molecule has 1 aliphatic heterocycles. The molecule has 0 aliphatic carbocycles. The first-order valence-electron chi connectivity index (χ1n) is 13.1. The number of nitrogens with zero attached hydrogens (tertiary/aromatic N) is 1. The Bertz CT molecular complexity index is 478. The third-order valence-electron chi connectivity index (χ3n) is 6.18. The van der Waals surface area contributed by atoms with Crippen LogP contribution in [0.1, 0.15) is 96.8 Å². The van der Waals surface area contributed by atoms with Gasteiger partial charge in [0, 0.05) is 0 Å². The molecule has 1 heterocycles. The van der Waals surface area contributed by atoms with Gasteiger partial charge >= 0.3 is 0 Å². The second kappa shape index (κ2) is 19.7. The van der Waals surface area contributed by atoms with Gasteiger partial charge in [-0.1, -0.05) is 84.0 Å². The first-order valence-corrected chi connectivity index (χ1v) is 13.1. The SMILES string of the molecule is CCCCCCCCCCCCCCCC=NCC(O)CO[C@H]1O[C@H](CO)[C@H](O)[C@H](O)[C@H]1O. The predicted molar refractivity (Wildman–Crippen MR) is 129 cm³/mol. The minimum Gasteiger partial charge on any atom is -0.394 e. The molecule has 6 atom stereocenters. The zero-order valence-corrected chi connectivity index (χ0v) is 20.6. The van der Waals surface area contributed by atoms with Crippen LogP contribution >= 0.6 is 0 Å². The largest absolute Gasteiger partial charge is 0.394 e. The van der Waals surface area contributed by atoms with Gasteiger partial charge in [0.15, 0.2) is 6.29 Å². The number of rotatable bonds is 20. The van der Waals surface area contributed by atoms with Crippen LogP contribution in [-0.2, 0) is 9.47 Å². The van der Waals surface area contributed by atoms with Crippen LogP contribution in [0, 0.1) is 0 Å². The predicted octanol–water partition coefficient (Wildman–Crippen LogP) is 2.72. The molecule has 33 heavy (non-hydrogen) atoms. The Morgan fingerprint density at radius 1 is 0.818 bits per heavy atom. The Morgan fingerprint density at radius 2 is 1.36 bits per heavy atom. The lowest BCUT2D eigenvalue weighted by Crippen LogP contribution is -2.59. The van der Waals surface area contributed by atoms with Crippen LogP contribution in [0.15, 0.2) is 4.99 Å². The summed E-state index contributed by atoms with van der Waals surface area (Å²) in [5, 5.41) is 48.5. The van der Waals surface area contributed by atoms with Gasteiger partial charge in [-0.05, 0) is 19.1 Å². The number of aliphatic hydroxyl groups excluding tert-OH is 5. The molecule has 1 saturated heterocycles. The summed E-state index contributed by atoms with van der Waals surface area (Å²) in [5.41, 5.74) is 0. The van der Waals surface area contributed by atoms with Gasteiger partial charge in [-0.25, -0.2) is 0 Å². The van der Waals surface area contributed by atoms with Gasteiger partial charge in [0.05, 0.1) is 25.9 Å². The average Bonchev–Trinajstić information content (AvgIpc) is 2.82. The summed E-state index contributed by atoms with van der Waals surface area (Å²) in [4.78, 5) is 4.22. The van der Waals surface area contributed by atoms with Crippen LogP contribution in [0.4, 0.5) is 0 Å². The van der Waals surface area contributed by atoms with E-state index in [1.807, 2.05) is 6.21 Å². The Hall–Kier alpha value is -0.610. The maximum Gasteiger partial charge on any atom is 0.186 e. The summed E-state index contributed by atoms with van der Waals surface area (Å²) in [6, 6.07) is 0. The van der Waals surface area contributed by atoms with Crippen molar-refractivity contribution in [1.29, 1.82) is 0 Å². The fourth-order valence-corrected chi connectivity index (χ4v) is 4.00. The van der Waals surface area contributed by atoms with Gasteiger partial charge in [-0.2, -0.15) is 0 Å². The highest BCUT2D eigenvalue weighted by molar-refractivity contribution is 5.56. The molecule has 0 aromatic heterocycles. The quantitative estimate of drug-likeness (QED) is 0.135. The molecule has 1 fully saturated rings. The van der Waals surface area contributed by atoms with Gasteiger partial charge in [-0.15, -0.1) is 0 Å². The Morgan fingerprint density at radius 3 is 1.91 bits per heavy atom. The van der Waals surface area contributed by atoms with Gasteiger partial charge in [0.2, 0.25) is 0 Å². The molecule has 8 heteroatoms. The van der Waals surface area contributed by atoms with E-state index in [0.29, 0.717) is 0 Å². The van der Waals surface area contributed by atoms with Gasteiger partial charge in [0.25, 0.3) is 0 Å². The summed E-state index contributed by atoms with van der Waals surface area (Å²) >= 11 is 0. The lowest BCUT2D eigenvalue weighted by Gasteiger charge is -2.39. The zero-order chi connectivity index (χ0) is 24.3. The molecule has 0 aromatic rings. The molecule has 1 unspecified atom stereocenters. The van der Waals surface area contributed by atoms with Crippen LogP contribution in [0.3, 0.4) is 0 Å². The third-order valence-corrected chi connectivity index (χ3v) is 6.18. The lowest BCUT2D eigenvalue weighted by molar-refractivity contribution is -0.304. The average molecular weight is 476 g/mol. The number of hydrogen-bond acceptors (Lipinski definition) is 8. The molecule has 0 amide bonds. The molecule has 8 nitrogen and oxygen atoms in total. The molecule has 5 N–H and O–H groups in total. The van der Waals surface area contributed by atoms with E-state index in [1.54, 1.807) is 0 Å². The minimum atomic E-state index is -1.49. The first-order chi connectivity index (χ1) is 16.0. The summed E-state index contributed by atoms with van der Waals surface area (Å²) in [6.07, 6.45) is 12.4. The Kier molecular flexibility index (Phi) is 18.1. The van der Waals surface area contributed by atoms with E-state index >= 15 is 0 Å². The van der Waals surface area contributed by atoms with Crippen molar-refractivity contribution in [2.24, 2.45) is 4.99 Å². The molecule has 0 radical (unpaired) electrons. The zero-order valence-electron chi connectivity index (χ0n) is 20.6. The fourth-order valence-electron chi connectivity index (χ4n) is 4.00. The number of ether oxygens (including phenoxy) is 2. The Labute approximate surface area is 200 Å². The maximum absolute atomic E-state index is 9.99. The fraction of sp³-hybridized carbons (Fsp3) is 0.960. The number of aliphatic hydroxyl groups is 5. The van der Waals surface area contributed by atoms with E-state index in [0.717, 1.165) is 12.8 Å². The minimum absolute atomic E-state index is 0.140. The van der Waals surface area contributed by atoms with Crippen molar-refractivity contribution in [3.05, 3.63) is 0 Å². The summed E-state index contributed by atoms with van der Waals surface area (Å²) in [6.45, 7) is 1.78. The van der Waals surface area contributed by atoms with E-state index < -0.39 is 43.4 Å². The molecular formula is C25H49NO7. The van der Waals surface area contributed by atoms with E-state index in [4.69, 9.17) is 14.6 Å². The molecular weight excluding hydrogens is 426 g/mol. The van der Waals surface area contributed by atoms with Gasteiger partial charge in [0.1, 0.15) is 24.4 Å². The number of aliphatic imine (C=N–C) groups is 1. The van der Waals surface area contributed by atoms with Crippen LogP contribution in [0.25, 0.3) is 0 Å². The van der Waals surface area contributed by atoms with Crippen LogP contribution in [0.2, 0.25) is 0 Å². The third kappa shape index (κ3) is 13.8. The first kappa shape index (κ1) is 30.4. The molecule has 1 aliphatic rings. The van der Waals surface area contributed by atoms with Crippen LogP contribution in [0.5, 0.6) is 0 Å². The molecule has 1 rings (SSSR count). The van der Waals surface area contributed by atoms with Gasteiger partial charge in [-0.3, -0.25) is 4.99 Å². The monoisotopic (exact) mass is 475 g/mol. The topological polar surface area (TPSA) is 132 Å². The summed E-state index contributed by atoms with van der Waals surface area (Å²) in [5.74, 6) is 0. The lowest BCUT2D eigenvalue weighted by atomic mass is 9.99. The van der Waals surface area contributed by atoms with E-state index in [2.05, 4.69) is 11.9 Å². The van der Waals surface area contributed by atoms with E-state index in [1.165, 1.54) is 77.0 Å². The van der Waals surface area contributed by atoms with Crippen molar-refractivity contribution < 1.29 is 35.0 Å². The number of hydrogen-bond donors (Lipinski definition) is 5. The highest BCUT2D eigenvalue weighted by Crippen LogP contribution is 2.22. The highest BCUT2D eigenvalue weighted by Gasteiger charge is 2.44. The number of unbranched alkanes of at least 4 members (excludes halogenated alkanes) is 13. The normalized spacial score (nSPS) is 26.8. The second-order valence-corrected chi connectivity index (χ2v) is 9.26. The molecule has 196 valence electrons. The van der Waals surface area contributed by atoms with Crippen molar-refractivity contribution in [2.45, 2.75) is 134 Å². The molecule has 0 aromatic carbocycles. The van der Waals surface area contributed by atoms with Gasteiger partial charge < -0.3 is 35.0 Å². The van der Waals surface area contributed by atoms with Crippen LogP contribution in [-0.4, -0.2) is 88.3 Å². The van der Waals surface area contributed by atoms with Crippen molar-refractivity contribution >= 4 is 6.21 Å². The van der Waals surface area contributed by atoms with Crippen LogP contribution < -0.4 is 0 Å². The van der Waals surface area contributed by atoms with Crippen molar-refractivity contribution in [3.8, 4) is 0 Å². The van der Waals surface area contributed by atoms with E-state index in [-0.39, 0.29) is 13.2 Å². The smallest absolute Gasteiger partial charge is 0.186 e. The van der Waals surface area contributed by atoms with E-state index in [9.17, 15) is 20.4 Å². The summed E-state index contributed by atoms with van der Waals surface area (Å²) < 4.78 is 10.5. The maximum atomic E-state index is 9.99. The standard InChI is InChI=1S/C25H49NO7/c1-2-3-4-5-6-7-8-9-10-11-12-13-14-15-16-26-17-20(28)19-32-25-24(31)23(30)22(29)21(18-27)33-25/h16,20-25,27-31H,2-15,17-19H2,1H3/t20?,21-,22+,23+,24-,25+/m1/s1. The molecule has 0 spiro atoms. The van der Waals surface area contributed by atoms with Crippen molar-refractivity contribution in [1.82, 2.24) is 0 Å². The Balaban J connectivity index is 1.96. The molecule has 0 saturated carbocycles. The highest BCUT2D eigenvalue weighted by atomic mass is 16.7. The summed E-state index contributed by atoms with van der Waals surface area (Å²) in [7, 11) is 0. The second-order valence-electron chi connectivity index (χ2n) is 9.26. The van der Waals surface area contributed by atoms with Crippen molar-refractivity contribution in [3.63, 3.8) is 0 Å². The van der Waals surface area contributed by atoms with Crippen molar-refractivity contribution in [2.75, 3.05) is 19.8 Å².